The molecule has 1 aromatic carbocycles. The molecule has 0 radical (unpaired) electrons. The average molecular weight is 315 g/mol. The van der Waals surface area contributed by atoms with Crippen LogP contribution in [0.3, 0.4) is 0 Å². The van der Waals surface area contributed by atoms with Crippen LogP contribution in [0.2, 0.25) is 0 Å². The van der Waals surface area contributed by atoms with E-state index >= 15 is 0 Å². The summed E-state index contributed by atoms with van der Waals surface area (Å²) < 4.78 is 0. The van der Waals surface area contributed by atoms with Crippen molar-refractivity contribution < 1.29 is 4.79 Å². The largest absolute Gasteiger partial charge is 0.297 e. The maximum absolute atomic E-state index is 12.3. The van der Waals surface area contributed by atoms with Gasteiger partial charge in [0.05, 0.1) is 5.69 Å². The molecule has 1 N–H and O–H groups in total. The number of aromatic nitrogens is 2. The maximum Gasteiger partial charge on any atom is 0.269 e. The van der Waals surface area contributed by atoms with Gasteiger partial charge in [0.25, 0.3) is 5.91 Å². The summed E-state index contributed by atoms with van der Waals surface area (Å²) in [5.41, 5.74) is 1.76. The Hall–Kier alpha value is -2.05. The summed E-state index contributed by atoms with van der Waals surface area (Å²) in [5, 5.41) is 4.30. The second-order valence-electron chi connectivity index (χ2n) is 4.53. The van der Waals surface area contributed by atoms with Crippen LogP contribution in [0, 0.1) is 13.8 Å². The first kappa shape index (κ1) is 13.9. The minimum Gasteiger partial charge on any atom is -0.297 e. The van der Waals surface area contributed by atoms with Crippen molar-refractivity contribution >= 4 is 33.7 Å². The summed E-state index contributed by atoms with van der Waals surface area (Å²) in [5.74, 6) is -0.151. The van der Waals surface area contributed by atoms with Gasteiger partial charge in [-0.15, -0.1) is 22.7 Å². The summed E-state index contributed by atoms with van der Waals surface area (Å²) in [6.45, 7) is 3.81. The third-order valence-corrected chi connectivity index (χ3v) is 4.90. The van der Waals surface area contributed by atoms with Gasteiger partial charge in [-0.2, -0.15) is 0 Å². The second-order valence-corrected chi connectivity index (χ2v) is 6.76. The molecule has 0 atom stereocenters. The molecule has 0 fully saturated rings. The third-order valence-electron chi connectivity index (χ3n) is 2.87. The molecule has 6 heteroatoms. The van der Waals surface area contributed by atoms with Crippen molar-refractivity contribution in [3.8, 4) is 10.6 Å². The quantitative estimate of drug-likeness (QED) is 0.790. The Morgan fingerprint density at radius 3 is 2.57 bits per heavy atom. The molecule has 0 unspecified atom stereocenters. The molecule has 2 aromatic heterocycles. The highest BCUT2D eigenvalue weighted by molar-refractivity contribution is 7.17. The predicted molar refractivity (Wildman–Crippen MR) is 87.1 cm³/mol. The maximum atomic E-state index is 12.3. The van der Waals surface area contributed by atoms with Crippen molar-refractivity contribution in [2.75, 3.05) is 5.32 Å². The molecular formula is C15H13N3OS2. The Morgan fingerprint density at radius 1 is 1.14 bits per heavy atom. The molecule has 0 bridgehead atoms. The van der Waals surface area contributed by atoms with E-state index in [4.69, 9.17) is 0 Å². The number of hydrogen-bond acceptors (Lipinski definition) is 5. The first-order valence-corrected chi connectivity index (χ1v) is 8.03. The first-order valence-electron chi connectivity index (χ1n) is 6.40. The first-order chi connectivity index (χ1) is 10.1. The average Bonchev–Trinajstić information content (AvgIpc) is 3.06. The van der Waals surface area contributed by atoms with E-state index in [1.54, 1.807) is 6.20 Å². The number of nitrogens with one attached hydrogen (secondary N) is 1. The topological polar surface area (TPSA) is 54.9 Å². The molecular weight excluding hydrogens is 302 g/mol. The van der Waals surface area contributed by atoms with E-state index in [2.05, 4.69) is 15.3 Å². The lowest BCUT2D eigenvalue weighted by atomic mass is 10.2. The Kier molecular flexibility index (Phi) is 3.81. The summed E-state index contributed by atoms with van der Waals surface area (Å²) in [6.07, 6.45) is 1.75. The molecule has 0 aliphatic heterocycles. The molecule has 21 heavy (non-hydrogen) atoms. The van der Waals surface area contributed by atoms with Gasteiger partial charge in [0, 0.05) is 16.6 Å². The second kappa shape index (κ2) is 5.75. The Morgan fingerprint density at radius 2 is 1.90 bits per heavy atom. The molecule has 2 heterocycles. The SMILES string of the molecule is Cc1cnc(NC(=O)c2sc(-c3ccccc3)nc2C)s1. The Bertz CT molecular complexity index is 777. The van der Waals surface area contributed by atoms with E-state index in [9.17, 15) is 4.79 Å². The predicted octanol–water partition coefficient (Wildman–Crippen LogP) is 4.14. The lowest BCUT2D eigenvalue weighted by molar-refractivity contribution is 0.103. The minimum atomic E-state index is -0.151. The van der Waals surface area contributed by atoms with Gasteiger partial charge in [-0.1, -0.05) is 30.3 Å². The van der Waals surface area contributed by atoms with E-state index in [-0.39, 0.29) is 5.91 Å². The highest BCUT2D eigenvalue weighted by atomic mass is 32.1. The van der Waals surface area contributed by atoms with E-state index in [0.29, 0.717) is 10.0 Å². The van der Waals surface area contributed by atoms with Gasteiger partial charge in [0.2, 0.25) is 0 Å². The van der Waals surface area contributed by atoms with Crippen LogP contribution in [0.15, 0.2) is 36.5 Å². The van der Waals surface area contributed by atoms with Crippen LogP contribution >= 0.6 is 22.7 Å². The van der Waals surface area contributed by atoms with Gasteiger partial charge in [-0.05, 0) is 13.8 Å². The van der Waals surface area contributed by atoms with Crippen LogP contribution in [0.5, 0.6) is 0 Å². The van der Waals surface area contributed by atoms with Gasteiger partial charge in [0.15, 0.2) is 5.13 Å². The standard InChI is InChI=1S/C15H13N3OS2/c1-9-8-16-15(20-9)18-13(19)12-10(2)17-14(21-12)11-6-4-3-5-7-11/h3-8H,1-2H3,(H,16,18,19). The number of carbonyl (C=O) groups is 1. The van der Waals surface area contributed by atoms with Crippen LogP contribution in [0.25, 0.3) is 10.6 Å². The number of hydrogen-bond donors (Lipinski definition) is 1. The van der Waals surface area contributed by atoms with E-state index in [0.717, 1.165) is 21.1 Å². The summed E-state index contributed by atoms with van der Waals surface area (Å²) >= 11 is 2.86. The Labute approximate surface area is 130 Å². The molecule has 0 saturated carbocycles. The fraction of sp³-hybridized carbons (Fsp3) is 0.133. The van der Waals surface area contributed by atoms with Crippen molar-refractivity contribution in [1.29, 1.82) is 0 Å². The molecule has 106 valence electrons. The van der Waals surface area contributed by atoms with E-state index < -0.39 is 0 Å². The van der Waals surface area contributed by atoms with Crippen LogP contribution in [-0.2, 0) is 0 Å². The zero-order valence-corrected chi connectivity index (χ0v) is 13.2. The van der Waals surface area contributed by atoms with Crippen molar-refractivity contribution in [2.24, 2.45) is 0 Å². The number of aryl methyl sites for hydroxylation is 2. The highest BCUT2D eigenvalue weighted by Crippen LogP contribution is 2.28. The van der Waals surface area contributed by atoms with Gasteiger partial charge < -0.3 is 0 Å². The number of amides is 1. The third kappa shape index (κ3) is 3.01. The number of nitrogens with zero attached hydrogens (tertiary/aromatic N) is 2. The monoisotopic (exact) mass is 315 g/mol. The van der Waals surface area contributed by atoms with Crippen molar-refractivity contribution in [1.82, 2.24) is 9.97 Å². The Balaban J connectivity index is 1.86. The summed E-state index contributed by atoms with van der Waals surface area (Å²) in [7, 11) is 0. The van der Waals surface area contributed by atoms with Gasteiger partial charge in [-0.25, -0.2) is 9.97 Å². The molecule has 1 amide bonds. The fourth-order valence-corrected chi connectivity index (χ4v) is 3.50. The number of rotatable bonds is 3. The van der Waals surface area contributed by atoms with Crippen LogP contribution in [-0.4, -0.2) is 15.9 Å². The fourth-order valence-electron chi connectivity index (χ4n) is 1.88. The van der Waals surface area contributed by atoms with Gasteiger partial charge >= 0.3 is 0 Å². The van der Waals surface area contributed by atoms with Crippen LogP contribution in [0.4, 0.5) is 5.13 Å². The molecule has 0 aliphatic rings. The van der Waals surface area contributed by atoms with Crippen molar-refractivity contribution in [2.45, 2.75) is 13.8 Å². The highest BCUT2D eigenvalue weighted by Gasteiger charge is 2.17. The van der Waals surface area contributed by atoms with E-state index in [1.807, 2.05) is 44.2 Å². The molecule has 3 aromatic rings. The van der Waals surface area contributed by atoms with E-state index in [1.165, 1.54) is 22.7 Å². The smallest absolute Gasteiger partial charge is 0.269 e. The summed E-state index contributed by atoms with van der Waals surface area (Å²) in [6, 6.07) is 9.87. The lowest BCUT2D eigenvalue weighted by Crippen LogP contribution is -2.11. The molecule has 3 rings (SSSR count). The summed E-state index contributed by atoms with van der Waals surface area (Å²) in [4.78, 5) is 22.6. The zero-order valence-electron chi connectivity index (χ0n) is 11.6. The molecule has 4 nitrogen and oxygen atoms in total. The van der Waals surface area contributed by atoms with Gasteiger partial charge in [-0.3, -0.25) is 10.1 Å². The number of carbonyl (C=O) groups excluding carboxylic acids is 1. The number of benzene rings is 1. The minimum absolute atomic E-state index is 0.151. The number of anilines is 1. The molecule has 0 aliphatic carbocycles. The number of thiazole rings is 2. The van der Waals surface area contributed by atoms with Crippen molar-refractivity contribution in [3.63, 3.8) is 0 Å². The van der Waals surface area contributed by atoms with Crippen LogP contribution in [0.1, 0.15) is 20.2 Å². The molecule has 0 saturated heterocycles. The normalized spacial score (nSPS) is 10.6. The van der Waals surface area contributed by atoms with Crippen LogP contribution < -0.4 is 5.32 Å². The molecule has 0 spiro atoms. The van der Waals surface area contributed by atoms with Crippen molar-refractivity contribution in [3.05, 3.63) is 52.0 Å². The lowest BCUT2D eigenvalue weighted by Gasteiger charge is -1.98. The van der Waals surface area contributed by atoms with Gasteiger partial charge in [0.1, 0.15) is 9.88 Å². The zero-order chi connectivity index (χ0) is 14.8.